The van der Waals surface area contributed by atoms with Gasteiger partial charge in [-0.3, -0.25) is 19.6 Å². The normalized spacial score (nSPS) is 10.3. The van der Waals surface area contributed by atoms with Crippen LogP contribution >= 0.6 is 0 Å². The number of hydrogen-bond acceptors (Lipinski definition) is 11. The van der Waals surface area contributed by atoms with Crippen molar-refractivity contribution in [3.8, 4) is 12.5 Å². The van der Waals surface area contributed by atoms with Gasteiger partial charge in [-0.25, -0.2) is 14.6 Å². The maximum atomic E-state index is 12.0. The highest BCUT2D eigenvalue weighted by atomic mass is 17.2. The molecule has 238 valence electrons. The van der Waals surface area contributed by atoms with E-state index in [1.54, 1.807) is 33.7 Å². The summed E-state index contributed by atoms with van der Waals surface area (Å²) in [6.45, 7) is 6.62. The zero-order chi connectivity index (χ0) is 30.9. The van der Waals surface area contributed by atoms with Crippen molar-refractivity contribution in [3.05, 3.63) is 12.7 Å². The predicted octanol–water partition coefficient (Wildman–Crippen LogP) is 3.57. The number of carbonyl (C=O) groups excluding carboxylic acids is 3. The monoisotopic (exact) mass is 596 g/mol. The first kappa shape index (κ1) is 38.4. The molecule has 14 heteroatoms. The molecule has 1 N–H and O–H groups in total. The maximum Gasteiger partial charge on any atom is 0.407 e. The number of hydrazine groups is 2. The molecular weight excluding hydrogens is 548 g/mol. The molecule has 42 heavy (non-hydrogen) atoms. The van der Waals surface area contributed by atoms with E-state index >= 15 is 0 Å². The lowest BCUT2D eigenvalue weighted by Gasteiger charge is -2.38. The zero-order valence-corrected chi connectivity index (χ0v) is 24.8. The fraction of sp³-hybridized carbons (Fsp3) is 0.750. The first-order chi connectivity index (χ1) is 20.6. The third kappa shape index (κ3) is 23.1. The van der Waals surface area contributed by atoms with Crippen molar-refractivity contribution in [2.45, 2.75) is 77.0 Å². The van der Waals surface area contributed by atoms with Gasteiger partial charge in [0.15, 0.2) is 0 Å². The number of nitriles is 2. The van der Waals surface area contributed by atoms with Gasteiger partial charge in [-0.05, 0) is 51.4 Å². The molecule has 0 aliphatic carbocycles. The van der Waals surface area contributed by atoms with E-state index in [0.29, 0.717) is 39.4 Å². The van der Waals surface area contributed by atoms with Crippen molar-refractivity contribution in [1.82, 2.24) is 20.5 Å². The van der Waals surface area contributed by atoms with E-state index in [4.69, 9.17) is 25.0 Å². The van der Waals surface area contributed by atoms with Gasteiger partial charge in [0.05, 0.1) is 0 Å². The van der Waals surface area contributed by atoms with E-state index in [0.717, 1.165) is 89.9 Å². The van der Waals surface area contributed by atoms with Crippen LogP contribution in [-0.4, -0.2) is 93.3 Å². The third-order valence-corrected chi connectivity index (χ3v) is 5.96. The van der Waals surface area contributed by atoms with Crippen LogP contribution in [0.25, 0.3) is 0 Å². The second kappa shape index (κ2) is 30.4. The summed E-state index contributed by atoms with van der Waals surface area (Å²) < 4.78 is 14.4. The molecule has 0 aliphatic rings. The Morgan fingerprint density at radius 3 is 1.74 bits per heavy atom. The van der Waals surface area contributed by atoms with Gasteiger partial charge < -0.3 is 19.5 Å². The van der Waals surface area contributed by atoms with Crippen molar-refractivity contribution in [3.63, 3.8) is 0 Å². The second-order valence-electron chi connectivity index (χ2n) is 9.21. The van der Waals surface area contributed by atoms with Crippen LogP contribution in [0, 0.1) is 23.0 Å². The average Bonchev–Trinajstić information content (AvgIpc) is 3.00. The molecule has 3 amide bonds. The fourth-order valence-corrected chi connectivity index (χ4v) is 3.84. The molecule has 0 saturated heterocycles. The SMILES string of the molecule is C=CCOOCCOC(=O)NCCCCCCN(N(C=O)CCCCCCOC#N)N(C=O)CCCCCCOC#N. The third-order valence-electron chi connectivity index (χ3n) is 5.96. The number of carbonyl (C=O) groups is 3. The molecule has 0 radical (unpaired) electrons. The lowest BCUT2D eigenvalue weighted by molar-refractivity contribution is -0.289. The number of alkyl carbamates (subject to hydrolysis) is 1. The standard InChI is InChI=1S/C28H48N6O8/c1-2-19-41-42-23-22-40-28(37)31-15-9-3-4-12-18-34(32(26-35)16-10-5-7-13-20-38-24-29)33(27-36)17-11-6-8-14-21-39-25-30/h2,26-27H,1,3-23H2,(H,31,37). The minimum Gasteiger partial charge on any atom is -0.447 e. The Morgan fingerprint density at radius 1 is 0.690 bits per heavy atom. The molecule has 0 heterocycles. The average molecular weight is 597 g/mol. The Bertz CT molecular complexity index is 736. The first-order valence-electron chi connectivity index (χ1n) is 14.6. The van der Waals surface area contributed by atoms with E-state index in [1.165, 1.54) is 0 Å². The van der Waals surface area contributed by atoms with Gasteiger partial charge in [0.1, 0.15) is 33.0 Å². The number of amides is 3. The number of ether oxygens (including phenoxy) is 3. The Morgan fingerprint density at radius 2 is 1.21 bits per heavy atom. The number of hydrogen-bond donors (Lipinski definition) is 1. The van der Waals surface area contributed by atoms with E-state index in [9.17, 15) is 14.4 Å². The van der Waals surface area contributed by atoms with Crippen LogP contribution in [0.4, 0.5) is 4.79 Å². The fourth-order valence-electron chi connectivity index (χ4n) is 3.84. The highest BCUT2D eigenvalue weighted by molar-refractivity contribution is 5.66. The molecule has 14 nitrogen and oxygen atoms in total. The van der Waals surface area contributed by atoms with Crippen LogP contribution < -0.4 is 5.32 Å². The summed E-state index contributed by atoms with van der Waals surface area (Å²) in [5, 5.41) is 24.4. The van der Waals surface area contributed by atoms with Crippen LogP contribution in [0.5, 0.6) is 0 Å². The first-order valence-corrected chi connectivity index (χ1v) is 14.6. The van der Waals surface area contributed by atoms with Crippen molar-refractivity contribution in [2.24, 2.45) is 0 Å². The predicted molar refractivity (Wildman–Crippen MR) is 152 cm³/mol. The molecule has 0 spiro atoms. The van der Waals surface area contributed by atoms with Crippen molar-refractivity contribution in [2.75, 3.05) is 59.2 Å². The van der Waals surface area contributed by atoms with Gasteiger partial charge in [0, 0.05) is 26.2 Å². The van der Waals surface area contributed by atoms with Gasteiger partial charge in [-0.15, -0.1) is 11.7 Å². The smallest absolute Gasteiger partial charge is 0.407 e. The number of unbranched alkanes of at least 4 members (excludes halogenated alkanes) is 9. The molecule has 0 aromatic rings. The van der Waals surface area contributed by atoms with E-state index in [-0.39, 0.29) is 19.8 Å². The highest BCUT2D eigenvalue weighted by Crippen LogP contribution is 2.11. The van der Waals surface area contributed by atoms with Gasteiger partial charge in [-0.2, -0.15) is 10.5 Å². The van der Waals surface area contributed by atoms with Crippen molar-refractivity contribution >= 4 is 18.9 Å². The van der Waals surface area contributed by atoms with Crippen LogP contribution in [0.2, 0.25) is 0 Å². The molecular formula is C28H48N6O8. The summed E-state index contributed by atoms with van der Waals surface area (Å²) in [4.78, 5) is 45.2. The molecule has 0 saturated carbocycles. The van der Waals surface area contributed by atoms with E-state index in [1.807, 2.05) is 0 Å². The summed E-state index contributed by atoms with van der Waals surface area (Å²) in [7, 11) is 0. The van der Waals surface area contributed by atoms with Crippen LogP contribution in [0.1, 0.15) is 77.0 Å². The number of nitrogens with zero attached hydrogens (tertiary/aromatic N) is 5. The van der Waals surface area contributed by atoms with Crippen LogP contribution in [-0.2, 0) is 33.6 Å². The zero-order valence-electron chi connectivity index (χ0n) is 24.8. The van der Waals surface area contributed by atoms with Crippen LogP contribution in [0.15, 0.2) is 12.7 Å². The molecule has 0 fully saturated rings. The summed E-state index contributed by atoms with van der Waals surface area (Å²) in [5.41, 5.74) is 0. The maximum absolute atomic E-state index is 12.0. The molecule has 0 bridgehead atoms. The van der Waals surface area contributed by atoms with Crippen LogP contribution in [0.3, 0.4) is 0 Å². The van der Waals surface area contributed by atoms with Gasteiger partial charge in [0.25, 0.3) is 12.5 Å². The number of rotatable bonds is 31. The molecule has 0 atom stereocenters. The van der Waals surface area contributed by atoms with Gasteiger partial charge in [0.2, 0.25) is 12.8 Å². The second-order valence-corrected chi connectivity index (χ2v) is 9.21. The summed E-state index contributed by atoms with van der Waals surface area (Å²) in [6, 6.07) is 0. The lowest BCUT2D eigenvalue weighted by atomic mass is 10.2. The van der Waals surface area contributed by atoms with E-state index in [2.05, 4.69) is 21.4 Å². The molecule has 0 rings (SSSR count). The summed E-state index contributed by atoms with van der Waals surface area (Å²) in [6.07, 6.45) is 15.6. The Balaban J connectivity index is 4.55. The topological polar surface area (TPSA) is 167 Å². The minimum absolute atomic E-state index is 0.0739. The minimum atomic E-state index is -0.521. The van der Waals surface area contributed by atoms with Crippen molar-refractivity contribution < 1.29 is 38.4 Å². The largest absolute Gasteiger partial charge is 0.447 e. The molecule has 0 unspecified atom stereocenters. The van der Waals surface area contributed by atoms with E-state index < -0.39 is 6.09 Å². The Kier molecular flexibility index (Phi) is 27.8. The number of nitrogens with one attached hydrogen (secondary N) is 1. The highest BCUT2D eigenvalue weighted by Gasteiger charge is 2.20. The molecule has 0 aliphatic heterocycles. The van der Waals surface area contributed by atoms with Gasteiger partial charge in [-0.1, -0.05) is 31.8 Å². The molecule has 0 aromatic carbocycles. The summed E-state index contributed by atoms with van der Waals surface area (Å²) >= 11 is 0. The lowest BCUT2D eigenvalue weighted by Crippen LogP contribution is -2.53. The Labute approximate surface area is 249 Å². The molecule has 0 aromatic heterocycles. The quantitative estimate of drug-likeness (QED) is 0.0310. The summed E-state index contributed by atoms with van der Waals surface area (Å²) in [5.74, 6) is 0. The van der Waals surface area contributed by atoms with Gasteiger partial charge >= 0.3 is 6.09 Å². The Hall–Kier alpha value is -3.59. The van der Waals surface area contributed by atoms with Crippen molar-refractivity contribution in [1.29, 1.82) is 10.5 Å².